The molecule has 0 heterocycles. The van der Waals surface area contributed by atoms with Gasteiger partial charge in [-0.1, -0.05) is 35.9 Å². The Morgan fingerprint density at radius 1 is 1.09 bits per heavy atom. The third-order valence-corrected chi connectivity index (χ3v) is 3.69. The Kier molecular flexibility index (Phi) is 6.76. The van der Waals surface area contributed by atoms with Crippen LogP contribution < -0.4 is 15.4 Å². The molecule has 2 aromatic carbocycles. The monoisotopic (exact) mass is 331 g/mol. The number of methoxy groups -OCH3 is 1. The summed E-state index contributed by atoms with van der Waals surface area (Å²) in [7, 11) is 3.45. The molecule has 0 fully saturated rings. The number of halogens is 1. The fourth-order valence-electron chi connectivity index (χ4n) is 2.16. The summed E-state index contributed by atoms with van der Waals surface area (Å²) in [5.41, 5.74) is 2.38. The topological polar surface area (TPSA) is 45.7 Å². The van der Waals surface area contributed by atoms with Crippen molar-refractivity contribution in [3.05, 3.63) is 64.7 Å². The van der Waals surface area contributed by atoms with Gasteiger partial charge in [0.1, 0.15) is 5.75 Å². The van der Waals surface area contributed by atoms with Gasteiger partial charge in [0.15, 0.2) is 5.96 Å². The average molecular weight is 332 g/mol. The van der Waals surface area contributed by atoms with Crippen LogP contribution in [0.5, 0.6) is 5.75 Å². The lowest BCUT2D eigenvalue weighted by molar-refractivity contribution is 0.414. The summed E-state index contributed by atoms with van der Waals surface area (Å²) in [5, 5.41) is 7.34. The zero-order valence-electron chi connectivity index (χ0n) is 13.5. The molecule has 5 heteroatoms. The maximum Gasteiger partial charge on any atom is 0.191 e. The summed E-state index contributed by atoms with van der Waals surface area (Å²) in [6.07, 6.45) is 0.902. The molecule has 0 aliphatic carbocycles. The second kappa shape index (κ2) is 9.06. The standard InChI is InChI=1S/C18H22ClN3O/c1-20-18(22-13-15-6-8-16(19)9-7-15)21-11-10-14-4-3-5-17(12-14)23-2/h3-9,12H,10-11,13H2,1-2H3,(H2,20,21,22). The first-order valence-corrected chi connectivity index (χ1v) is 7.91. The largest absolute Gasteiger partial charge is 0.497 e. The van der Waals surface area contributed by atoms with Crippen LogP contribution in [0.2, 0.25) is 5.02 Å². The molecule has 2 aromatic rings. The van der Waals surface area contributed by atoms with Crippen LogP contribution in [-0.4, -0.2) is 26.7 Å². The van der Waals surface area contributed by atoms with Gasteiger partial charge in [0.05, 0.1) is 7.11 Å². The molecule has 0 saturated carbocycles. The molecule has 122 valence electrons. The van der Waals surface area contributed by atoms with Gasteiger partial charge in [-0.2, -0.15) is 0 Å². The first-order valence-electron chi connectivity index (χ1n) is 7.53. The molecule has 0 amide bonds. The fourth-order valence-corrected chi connectivity index (χ4v) is 2.29. The molecule has 0 aromatic heterocycles. The van der Waals surface area contributed by atoms with Crippen LogP contribution in [0.25, 0.3) is 0 Å². The van der Waals surface area contributed by atoms with Gasteiger partial charge in [-0.25, -0.2) is 0 Å². The van der Waals surface area contributed by atoms with E-state index in [9.17, 15) is 0 Å². The van der Waals surface area contributed by atoms with Gasteiger partial charge in [0, 0.05) is 25.2 Å². The van der Waals surface area contributed by atoms with Crippen LogP contribution >= 0.6 is 11.6 Å². The Balaban J connectivity index is 1.77. The van der Waals surface area contributed by atoms with Gasteiger partial charge in [-0.05, 0) is 41.8 Å². The van der Waals surface area contributed by atoms with E-state index in [1.807, 2.05) is 42.5 Å². The number of hydrogen-bond acceptors (Lipinski definition) is 2. The highest BCUT2D eigenvalue weighted by Gasteiger charge is 2.00. The van der Waals surface area contributed by atoms with Gasteiger partial charge in [-0.15, -0.1) is 0 Å². The number of benzene rings is 2. The predicted octanol–water partition coefficient (Wildman–Crippen LogP) is 3.26. The van der Waals surface area contributed by atoms with Crippen LogP contribution in [0.15, 0.2) is 53.5 Å². The van der Waals surface area contributed by atoms with Gasteiger partial charge >= 0.3 is 0 Å². The van der Waals surface area contributed by atoms with Crippen LogP contribution in [0, 0.1) is 0 Å². The van der Waals surface area contributed by atoms with Crippen molar-refractivity contribution >= 4 is 17.6 Å². The molecular weight excluding hydrogens is 310 g/mol. The first kappa shape index (κ1) is 17.2. The maximum absolute atomic E-state index is 5.88. The molecule has 23 heavy (non-hydrogen) atoms. The van der Waals surface area contributed by atoms with Crippen molar-refractivity contribution in [2.75, 3.05) is 20.7 Å². The van der Waals surface area contributed by atoms with Gasteiger partial charge in [0.2, 0.25) is 0 Å². The minimum Gasteiger partial charge on any atom is -0.497 e. The summed E-state index contributed by atoms with van der Waals surface area (Å²) in [4.78, 5) is 4.23. The minimum atomic E-state index is 0.704. The van der Waals surface area contributed by atoms with Crippen molar-refractivity contribution in [2.45, 2.75) is 13.0 Å². The molecule has 4 nitrogen and oxygen atoms in total. The number of ether oxygens (including phenoxy) is 1. The van der Waals surface area contributed by atoms with Crippen LogP contribution in [0.3, 0.4) is 0 Å². The first-order chi connectivity index (χ1) is 11.2. The van der Waals surface area contributed by atoms with Gasteiger partial charge in [-0.3, -0.25) is 4.99 Å². The normalized spacial score (nSPS) is 11.2. The van der Waals surface area contributed by atoms with Gasteiger partial charge in [0.25, 0.3) is 0 Å². The van der Waals surface area contributed by atoms with Crippen LogP contribution in [-0.2, 0) is 13.0 Å². The molecular formula is C18H22ClN3O. The molecule has 0 saturated heterocycles. The molecule has 0 bridgehead atoms. The van der Waals surface area contributed by atoms with Crippen LogP contribution in [0.1, 0.15) is 11.1 Å². The maximum atomic E-state index is 5.88. The second-order valence-corrected chi connectivity index (χ2v) is 5.52. The summed E-state index contributed by atoms with van der Waals surface area (Å²) in [5.74, 6) is 1.66. The highest BCUT2D eigenvalue weighted by molar-refractivity contribution is 6.30. The van der Waals surface area contributed by atoms with Crippen molar-refractivity contribution in [2.24, 2.45) is 4.99 Å². The molecule has 0 aliphatic rings. The second-order valence-electron chi connectivity index (χ2n) is 5.08. The van der Waals surface area contributed by atoms with Crippen molar-refractivity contribution in [3.63, 3.8) is 0 Å². The van der Waals surface area contributed by atoms with Crippen molar-refractivity contribution in [1.29, 1.82) is 0 Å². The van der Waals surface area contributed by atoms with E-state index < -0.39 is 0 Å². The van der Waals surface area contributed by atoms with Crippen molar-refractivity contribution in [1.82, 2.24) is 10.6 Å². The highest BCUT2D eigenvalue weighted by atomic mass is 35.5. The van der Waals surface area contributed by atoms with Crippen molar-refractivity contribution < 1.29 is 4.74 Å². The fraction of sp³-hybridized carbons (Fsp3) is 0.278. The Bertz CT molecular complexity index is 641. The molecule has 0 spiro atoms. The Hall–Kier alpha value is -2.20. The summed E-state index contributed by atoms with van der Waals surface area (Å²) < 4.78 is 5.23. The average Bonchev–Trinajstić information content (AvgIpc) is 2.59. The lowest BCUT2D eigenvalue weighted by Gasteiger charge is -2.12. The summed E-state index contributed by atoms with van der Waals surface area (Å²) in [6, 6.07) is 15.9. The third kappa shape index (κ3) is 5.83. The Morgan fingerprint density at radius 3 is 2.57 bits per heavy atom. The SMILES string of the molecule is CN=C(NCCc1cccc(OC)c1)NCc1ccc(Cl)cc1. The Morgan fingerprint density at radius 2 is 1.87 bits per heavy atom. The number of guanidine groups is 1. The minimum absolute atomic E-state index is 0.704. The smallest absolute Gasteiger partial charge is 0.191 e. The van der Waals surface area contributed by atoms with E-state index in [-0.39, 0.29) is 0 Å². The van der Waals surface area contributed by atoms with E-state index in [1.165, 1.54) is 5.56 Å². The number of nitrogens with one attached hydrogen (secondary N) is 2. The number of nitrogens with zero attached hydrogens (tertiary/aromatic N) is 1. The molecule has 0 radical (unpaired) electrons. The zero-order valence-corrected chi connectivity index (χ0v) is 14.2. The lowest BCUT2D eigenvalue weighted by atomic mass is 10.1. The molecule has 0 atom stereocenters. The highest BCUT2D eigenvalue weighted by Crippen LogP contribution is 2.12. The molecule has 2 N–H and O–H groups in total. The van der Waals surface area contributed by atoms with E-state index >= 15 is 0 Å². The van der Waals surface area contributed by atoms with Crippen molar-refractivity contribution in [3.8, 4) is 5.75 Å². The summed E-state index contributed by atoms with van der Waals surface area (Å²) >= 11 is 5.88. The molecule has 0 aliphatic heterocycles. The van der Waals surface area contributed by atoms with E-state index in [0.29, 0.717) is 6.54 Å². The van der Waals surface area contributed by atoms with E-state index in [2.05, 4.69) is 21.7 Å². The predicted molar refractivity (Wildman–Crippen MR) is 96.4 cm³/mol. The third-order valence-electron chi connectivity index (χ3n) is 3.44. The number of hydrogen-bond donors (Lipinski definition) is 2. The molecule has 0 unspecified atom stereocenters. The van der Waals surface area contributed by atoms with Crippen LogP contribution in [0.4, 0.5) is 0 Å². The number of rotatable bonds is 6. The van der Waals surface area contributed by atoms with E-state index in [0.717, 1.165) is 35.3 Å². The van der Waals surface area contributed by atoms with Gasteiger partial charge < -0.3 is 15.4 Å². The number of aliphatic imine (C=N–C) groups is 1. The van der Waals surface area contributed by atoms with E-state index in [1.54, 1.807) is 14.2 Å². The van der Waals surface area contributed by atoms with E-state index in [4.69, 9.17) is 16.3 Å². The summed E-state index contributed by atoms with van der Waals surface area (Å²) in [6.45, 7) is 1.50. The quantitative estimate of drug-likeness (QED) is 0.631. The molecule has 2 rings (SSSR count). The zero-order chi connectivity index (χ0) is 16.5. The lowest BCUT2D eigenvalue weighted by Crippen LogP contribution is -2.37. The Labute approximate surface area is 142 Å².